The predicted molar refractivity (Wildman–Crippen MR) is 98.4 cm³/mol. The molecule has 7 heteroatoms. The maximum Gasteiger partial charge on any atom is 0.321 e. The lowest BCUT2D eigenvalue weighted by molar-refractivity contribution is 0.247. The van der Waals surface area contributed by atoms with Crippen LogP contribution in [0.15, 0.2) is 23.1 Å². The lowest BCUT2D eigenvalue weighted by Crippen LogP contribution is -2.42. The Kier molecular flexibility index (Phi) is 5.34. The molecule has 0 spiro atoms. The number of hydrogen-bond donors (Lipinski definition) is 1. The molecule has 1 N–H and O–H groups in total. The van der Waals surface area contributed by atoms with Crippen LogP contribution in [-0.2, 0) is 16.4 Å². The van der Waals surface area contributed by atoms with Crippen LogP contribution in [0.25, 0.3) is 0 Å². The lowest BCUT2D eigenvalue weighted by atomic mass is 10.1. The molecule has 0 aliphatic carbocycles. The molecule has 0 aromatic heterocycles. The topological polar surface area (TPSA) is 69.7 Å². The predicted octanol–water partition coefficient (Wildman–Crippen LogP) is 2.73. The average molecular weight is 365 g/mol. The van der Waals surface area contributed by atoms with E-state index in [-0.39, 0.29) is 12.1 Å². The Labute approximate surface area is 150 Å². The molecule has 0 unspecified atom stereocenters. The van der Waals surface area contributed by atoms with Crippen LogP contribution in [0.2, 0.25) is 0 Å². The van der Waals surface area contributed by atoms with Crippen LogP contribution in [0.1, 0.15) is 45.1 Å². The van der Waals surface area contributed by atoms with Crippen molar-refractivity contribution in [2.24, 2.45) is 0 Å². The SMILES string of the molecule is CCCNC(=O)N1CCc2cc(S(=O)(=O)N3CCCC[C@@H]3C)ccc21. The van der Waals surface area contributed by atoms with Crippen LogP contribution in [0.5, 0.6) is 0 Å². The molecule has 1 aromatic rings. The van der Waals surface area contributed by atoms with Gasteiger partial charge in [0.25, 0.3) is 0 Å². The molecular weight excluding hydrogens is 338 g/mol. The Hall–Kier alpha value is -1.60. The normalized spacial score (nSPS) is 21.2. The van der Waals surface area contributed by atoms with Gasteiger partial charge in [-0.05, 0) is 56.4 Å². The van der Waals surface area contributed by atoms with E-state index in [1.54, 1.807) is 27.4 Å². The Morgan fingerprint density at radius 2 is 2.08 bits per heavy atom. The third-order valence-electron chi connectivity index (χ3n) is 5.07. The van der Waals surface area contributed by atoms with Gasteiger partial charge in [-0.25, -0.2) is 13.2 Å². The van der Waals surface area contributed by atoms with Gasteiger partial charge in [0.05, 0.1) is 4.90 Å². The summed E-state index contributed by atoms with van der Waals surface area (Å²) in [4.78, 5) is 14.3. The second-order valence-electron chi connectivity index (χ2n) is 6.88. The number of amides is 2. The van der Waals surface area contributed by atoms with Gasteiger partial charge in [-0.2, -0.15) is 4.31 Å². The average Bonchev–Trinajstić information content (AvgIpc) is 3.03. The Morgan fingerprint density at radius 3 is 2.80 bits per heavy atom. The van der Waals surface area contributed by atoms with E-state index in [9.17, 15) is 13.2 Å². The molecule has 6 nitrogen and oxygen atoms in total. The number of carbonyl (C=O) groups is 1. The van der Waals surface area contributed by atoms with Crippen LogP contribution in [0.4, 0.5) is 10.5 Å². The van der Waals surface area contributed by atoms with Gasteiger partial charge >= 0.3 is 6.03 Å². The van der Waals surface area contributed by atoms with Crippen molar-refractivity contribution in [2.45, 2.75) is 56.9 Å². The highest BCUT2D eigenvalue weighted by Crippen LogP contribution is 2.32. The van der Waals surface area contributed by atoms with E-state index in [2.05, 4.69) is 5.32 Å². The molecule has 0 radical (unpaired) electrons. The summed E-state index contributed by atoms with van der Waals surface area (Å²) in [5.74, 6) is 0. The molecule has 1 fully saturated rings. The number of nitrogens with zero attached hydrogens (tertiary/aromatic N) is 2. The Bertz CT molecular complexity index is 748. The second-order valence-corrected chi connectivity index (χ2v) is 8.78. The van der Waals surface area contributed by atoms with Crippen LogP contribution >= 0.6 is 0 Å². The first-order valence-electron chi connectivity index (χ1n) is 9.15. The van der Waals surface area contributed by atoms with Crippen molar-refractivity contribution in [3.8, 4) is 0 Å². The number of fused-ring (bicyclic) bond motifs is 1. The lowest BCUT2D eigenvalue weighted by Gasteiger charge is -2.32. The number of nitrogens with one attached hydrogen (secondary N) is 1. The number of hydrogen-bond acceptors (Lipinski definition) is 3. The Morgan fingerprint density at radius 1 is 1.28 bits per heavy atom. The zero-order chi connectivity index (χ0) is 18.0. The molecule has 2 amide bonds. The molecular formula is C18H27N3O3S. The van der Waals surface area contributed by atoms with Gasteiger partial charge in [-0.3, -0.25) is 4.90 Å². The zero-order valence-electron chi connectivity index (χ0n) is 15.0. The van der Waals surface area contributed by atoms with Crippen LogP contribution in [0, 0.1) is 0 Å². The van der Waals surface area contributed by atoms with Gasteiger partial charge in [-0.15, -0.1) is 0 Å². The molecule has 3 rings (SSSR count). The van der Waals surface area contributed by atoms with Crippen molar-refractivity contribution in [1.29, 1.82) is 0 Å². The maximum absolute atomic E-state index is 13.0. The summed E-state index contributed by atoms with van der Waals surface area (Å²) < 4.78 is 27.6. The van der Waals surface area contributed by atoms with E-state index in [1.807, 2.05) is 13.8 Å². The first-order chi connectivity index (χ1) is 11.9. The quantitative estimate of drug-likeness (QED) is 0.892. The van der Waals surface area contributed by atoms with E-state index in [4.69, 9.17) is 0 Å². The molecule has 25 heavy (non-hydrogen) atoms. The van der Waals surface area contributed by atoms with E-state index in [1.165, 1.54) is 0 Å². The van der Waals surface area contributed by atoms with Crippen LogP contribution in [0.3, 0.4) is 0 Å². The molecule has 2 aliphatic heterocycles. The van der Waals surface area contributed by atoms with Crippen molar-refractivity contribution >= 4 is 21.7 Å². The van der Waals surface area contributed by atoms with Crippen LogP contribution in [-0.4, -0.2) is 44.4 Å². The van der Waals surface area contributed by atoms with Gasteiger partial charge < -0.3 is 5.32 Å². The monoisotopic (exact) mass is 365 g/mol. The van der Waals surface area contributed by atoms with Crippen molar-refractivity contribution in [2.75, 3.05) is 24.5 Å². The van der Waals surface area contributed by atoms with Gasteiger partial charge in [0.15, 0.2) is 0 Å². The number of sulfonamides is 1. The van der Waals surface area contributed by atoms with Gasteiger partial charge in [0.2, 0.25) is 10.0 Å². The fraction of sp³-hybridized carbons (Fsp3) is 0.611. The number of carbonyl (C=O) groups excluding carboxylic acids is 1. The molecule has 2 aliphatic rings. The highest BCUT2D eigenvalue weighted by atomic mass is 32.2. The standard InChI is InChI=1S/C18H27N3O3S/c1-3-10-19-18(22)20-12-9-15-13-16(7-8-17(15)20)25(23,24)21-11-5-4-6-14(21)2/h7-8,13-14H,3-6,9-12H2,1-2H3,(H,19,22)/t14-/m0/s1. The first kappa shape index (κ1) is 18.2. The minimum atomic E-state index is -3.47. The van der Waals surface area contributed by atoms with Gasteiger partial charge in [-0.1, -0.05) is 13.3 Å². The molecule has 0 bridgehead atoms. The van der Waals surface area contributed by atoms with Gasteiger partial charge in [0, 0.05) is 31.4 Å². The number of rotatable bonds is 4. The zero-order valence-corrected chi connectivity index (χ0v) is 15.8. The Balaban J connectivity index is 1.83. The van der Waals surface area contributed by atoms with Crippen molar-refractivity contribution in [1.82, 2.24) is 9.62 Å². The molecule has 1 atom stereocenters. The van der Waals surface area contributed by atoms with E-state index in [0.29, 0.717) is 31.0 Å². The summed E-state index contributed by atoms with van der Waals surface area (Å²) in [5.41, 5.74) is 1.75. The van der Waals surface area contributed by atoms with E-state index >= 15 is 0 Å². The second kappa shape index (κ2) is 7.33. The summed E-state index contributed by atoms with van der Waals surface area (Å²) >= 11 is 0. The highest BCUT2D eigenvalue weighted by molar-refractivity contribution is 7.89. The highest BCUT2D eigenvalue weighted by Gasteiger charge is 2.32. The smallest absolute Gasteiger partial charge is 0.321 e. The summed E-state index contributed by atoms with van der Waals surface area (Å²) in [7, 11) is -3.47. The summed E-state index contributed by atoms with van der Waals surface area (Å²) in [6, 6.07) is 5.10. The number of benzene rings is 1. The van der Waals surface area contributed by atoms with Gasteiger partial charge in [0.1, 0.15) is 0 Å². The largest absolute Gasteiger partial charge is 0.338 e. The third-order valence-corrected chi connectivity index (χ3v) is 7.08. The molecule has 1 aromatic carbocycles. The molecule has 2 heterocycles. The number of urea groups is 1. The summed E-state index contributed by atoms with van der Waals surface area (Å²) in [6.07, 6.45) is 4.49. The number of piperidine rings is 1. The number of anilines is 1. The van der Waals surface area contributed by atoms with Crippen molar-refractivity contribution in [3.05, 3.63) is 23.8 Å². The minimum Gasteiger partial charge on any atom is -0.338 e. The van der Waals surface area contributed by atoms with Crippen LogP contribution < -0.4 is 10.2 Å². The molecule has 1 saturated heterocycles. The molecule has 138 valence electrons. The molecule has 0 saturated carbocycles. The van der Waals surface area contributed by atoms with Crippen molar-refractivity contribution in [3.63, 3.8) is 0 Å². The van der Waals surface area contributed by atoms with E-state index in [0.717, 1.165) is 36.9 Å². The van der Waals surface area contributed by atoms with E-state index < -0.39 is 10.0 Å². The minimum absolute atomic E-state index is 0.0447. The fourth-order valence-corrected chi connectivity index (χ4v) is 5.39. The maximum atomic E-state index is 13.0. The third kappa shape index (κ3) is 3.53. The summed E-state index contributed by atoms with van der Waals surface area (Å²) in [5, 5.41) is 2.88. The fourth-order valence-electron chi connectivity index (χ4n) is 3.64. The first-order valence-corrected chi connectivity index (χ1v) is 10.6. The summed E-state index contributed by atoms with van der Waals surface area (Å²) in [6.45, 7) is 5.81. The van der Waals surface area contributed by atoms with Crippen molar-refractivity contribution < 1.29 is 13.2 Å².